The fraction of sp³-hybridized carbons (Fsp3) is 0. The van der Waals surface area contributed by atoms with Crippen LogP contribution in [0.4, 0.5) is 27.6 Å². The lowest BCUT2D eigenvalue weighted by Crippen LogP contribution is -2.16. The van der Waals surface area contributed by atoms with Gasteiger partial charge < -0.3 is 5.32 Å². The van der Waals surface area contributed by atoms with Crippen LogP contribution < -0.4 is 5.32 Å². The van der Waals surface area contributed by atoms with Crippen molar-refractivity contribution in [3.05, 3.63) is 59.2 Å². The maximum absolute atomic E-state index is 13.3. The Balaban J connectivity index is 2.31. The number of benzene rings is 1. The maximum Gasteiger partial charge on any atom is 0.258 e. The third-order valence-corrected chi connectivity index (χ3v) is 2.34. The Bertz CT molecular complexity index is 690. The highest BCUT2D eigenvalue weighted by Gasteiger charge is 2.20. The van der Waals surface area contributed by atoms with Crippen molar-refractivity contribution in [3.8, 4) is 0 Å². The lowest BCUT2D eigenvalue weighted by molar-refractivity contribution is 0.102. The first-order valence-corrected chi connectivity index (χ1v) is 5.17. The third-order valence-electron chi connectivity index (χ3n) is 2.34. The molecule has 1 heterocycles. The number of carbonyl (C=O) groups is 1. The molecule has 0 unspecified atom stereocenters. The van der Waals surface area contributed by atoms with Crippen LogP contribution in [0.25, 0.3) is 0 Å². The van der Waals surface area contributed by atoms with Crippen molar-refractivity contribution in [1.82, 2.24) is 4.98 Å². The number of amides is 1. The molecule has 3 nitrogen and oxygen atoms in total. The summed E-state index contributed by atoms with van der Waals surface area (Å²) in [5.41, 5.74) is -1.35. The molecule has 0 fully saturated rings. The van der Waals surface area contributed by atoms with Crippen LogP contribution in [0.5, 0.6) is 0 Å². The van der Waals surface area contributed by atoms with Crippen molar-refractivity contribution in [2.75, 3.05) is 5.32 Å². The summed E-state index contributed by atoms with van der Waals surface area (Å²) >= 11 is 0. The Labute approximate surface area is 109 Å². The Morgan fingerprint density at radius 3 is 2.30 bits per heavy atom. The summed E-state index contributed by atoms with van der Waals surface area (Å²) in [5.74, 6) is -8.67. The zero-order valence-corrected chi connectivity index (χ0v) is 9.55. The van der Waals surface area contributed by atoms with E-state index in [-0.39, 0.29) is 0 Å². The Hall–Kier alpha value is -2.51. The largest absolute Gasteiger partial charge is 0.318 e. The van der Waals surface area contributed by atoms with Crippen molar-refractivity contribution in [1.29, 1.82) is 0 Å². The molecule has 0 atom stereocenters. The molecule has 0 aliphatic carbocycles. The number of rotatable bonds is 2. The summed E-state index contributed by atoms with van der Waals surface area (Å²) in [6.45, 7) is 0. The molecule has 0 aliphatic heterocycles. The van der Waals surface area contributed by atoms with Crippen molar-refractivity contribution in [2.45, 2.75) is 0 Å². The fourth-order valence-corrected chi connectivity index (χ4v) is 1.40. The number of anilines is 1. The summed E-state index contributed by atoms with van der Waals surface area (Å²) in [5, 5.41) is 1.87. The number of pyridine rings is 1. The van der Waals surface area contributed by atoms with Crippen LogP contribution in [0.1, 0.15) is 10.4 Å². The molecule has 8 heteroatoms. The van der Waals surface area contributed by atoms with Crippen LogP contribution in [0.3, 0.4) is 0 Å². The van der Waals surface area contributed by atoms with Gasteiger partial charge in [-0.15, -0.1) is 0 Å². The Kier molecular flexibility index (Phi) is 3.64. The van der Waals surface area contributed by atoms with Crippen LogP contribution in [0.2, 0.25) is 0 Å². The quantitative estimate of drug-likeness (QED) is 0.524. The molecular weight excluding hydrogens is 283 g/mol. The zero-order chi connectivity index (χ0) is 14.9. The van der Waals surface area contributed by atoms with Crippen molar-refractivity contribution >= 4 is 11.6 Å². The molecule has 0 aliphatic rings. The number of hydrogen-bond donors (Lipinski definition) is 1. The summed E-state index contributed by atoms with van der Waals surface area (Å²) in [4.78, 5) is 14.4. The van der Waals surface area contributed by atoms with E-state index in [1.54, 1.807) is 0 Å². The first kappa shape index (κ1) is 13.9. The van der Waals surface area contributed by atoms with Gasteiger partial charge in [0.25, 0.3) is 5.91 Å². The zero-order valence-electron chi connectivity index (χ0n) is 9.55. The number of carbonyl (C=O) groups excluding carboxylic acids is 1. The SMILES string of the molecule is O=C(Nc1ccc(F)nc1F)c1ccc(F)c(F)c1F. The first-order chi connectivity index (χ1) is 9.40. The van der Waals surface area contributed by atoms with E-state index in [4.69, 9.17) is 0 Å². The smallest absolute Gasteiger partial charge is 0.258 e. The maximum atomic E-state index is 13.3. The highest BCUT2D eigenvalue weighted by atomic mass is 19.2. The van der Waals surface area contributed by atoms with Crippen molar-refractivity contribution in [2.24, 2.45) is 0 Å². The summed E-state index contributed by atoms with van der Waals surface area (Å²) in [6.07, 6.45) is 0. The minimum Gasteiger partial charge on any atom is -0.318 e. The number of aromatic nitrogens is 1. The average molecular weight is 288 g/mol. The molecule has 2 aromatic rings. The lowest BCUT2D eigenvalue weighted by atomic mass is 10.2. The van der Waals surface area contributed by atoms with Gasteiger partial charge in [-0.3, -0.25) is 4.79 Å². The Morgan fingerprint density at radius 1 is 0.950 bits per heavy atom. The van der Waals surface area contributed by atoms with Gasteiger partial charge in [0.15, 0.2) is 17.5 Å². The van der Waals surface area contributed by atoms with Gasteiger partial charge in [0, 0.05) is 0 Å². The minimum absolute atomic E-state index is 0.527. The number of halogens is 5. The van der Waals surface area contributed by atoms with Crippen LogP contribution in [0.15, 0.2) is 24.3 Å². The van der Waals surface area contributed by atoms with Crippen LogP contribution >= 0.6 is 0 Å². The molecule has 1 N–H and O–H groups in total. The van der Waals surface area contributed by atoms with Gasteiger partial charge in [-0.05, 0) is 24.3 Å². The molecule has 0 saturated heterocycles. The van der Waals surface area contributed by atoms with Gasteiger partial charge in [-0.2, -0.15) is 13.8 Å². The molecule has 1 aromatic carbocycles. The molecule has 1 amide bonds. The molecule has 104 valence electrons. The standard InChI is InChI=1S/C12H5F5N2O/c13-6-2-1-5(9(15)10(6)16)12(20)18-7-3-4-8(14)19-11(7)17/h1-4H,(H,18,20). The van der Waals surface area contributed by atoms with Gasteiger partial charge in [0.05, 0.1) is 11.3 Å². The van der Waals surface area contributed by atoms with Crippen molar-refractivity contribution < 1.29 is 26.7 Å². The second-order valence-electron chi connectivity index (χ2n) is 3.65. The molecular formula is C12H5F5N2O. The lowest BCUT2D eigenvalue weighted by Gasteiger charge is -2.07. The van der Waals surface area contributed by atoms with E-state index in [2.05, 4.69) is 4.98 Å². The van der Waals surface area contributed by atoms with E-state index in [0.717, 1.165) is 12.1 Å². The summed E-state index contributed by atoms with van der Waals surface area (Å²) in [6, 6.07) is 2.86. The van der Waals surface area contributed by atoms with Gasteiger partial charge in [0.1, 0.15) is 0 Å². The second kappa shape index (κ2) is 5.24. The first-order valence-electron chi connectivity index (χ1n) is 5.17. The van der Waals surface area contributed by atoms with E-state index >= 15 is 0 Å². The van der Waals surface area contributed by atoms with E-state index in [9.17, 15) is 26.7 Å². The van der Waals surface area contributed by atoms with Gasteiger partial charge in [0.2, 0.25) is 11.9 Å². The van der Waals surface area contributed by atoms with Crippen LogP contribution in [0, 0.1) is 29.3 Å². The van der Waals surface area contributed by atoms with E-state index in [0.29, 0.717) is 12.1 Å². The minimum atomic E-state index is -1.82. The van der Waals surface area contributed by atoms with Crippen LogP contribution in [-0.2, 0) is 0 Å². The Morgan fingerprint density at radius 2 is 1.65 bits per heavy atom. The molecule has 0 radical (unpaired) electrons. The van der Waals surface area contributed by atoms with Gasteiger partial charge >= 0.3 is 0 Å². The van der Waals surface area contributed by atoms with E-state index in [1.807, 2.05) is 5.32 Å². The molecule has 0 spiro atoms. The normalized spacial score (nSPS) is 10.4. The molecule has 0 saturated carbocycles. The van der Waals surface area contributed by atoms with Crippen molar-refractivity contribution in [3.63, 3.8) is 0 Å². The molecule has 0 bridgehead atoms. The fourth-order valence-electron chi connectivity index (χ4n) is 1.40. The van der Waals surface area contributed by atoms with Gasteiger partial charge in [-0.1, -0.05) is 0 Å². The van der Waals surface area contributed by atoms with Gasteiger partial charge in [-0.25, -0.2) is 13.2 Å². The predicted octanol–water partition coefficient (Wildman–Crippen LogP) is 3.03. The topological polar surface area (TPSA) is 42.0 Å². The second-order valence-corrected chi connectivity index (χ2v) is 3.65. The summed E-state index contributed by atoms with van der Waals surface area (Å²) < 4.78 is 64.7. The highest BCUT2D eigenvalue weighted by molar-refractivity contribution is 6.04. The number of hydrogen-bond acceptors (Lipinski definition) is 2. The van der Waals surface area contributed by atoms with E-state index < -0.39 is 46.5 Å². The van der Waals surface area contributed by atoms with E-state index in [1.165, 1.54) is 0 Å². The third kappa shape index (κ3) is 2.58. The molecule has 2 rings (SSSR count). The monoisotopic (exact) mass is 288 g/mol. The predicted molar refractivity (Wildman–Crippen MR) is 58.4 cm³/mol. The summed E-state index contributed by atoms with van der Waals surface area (Å²) in [7, 11) is 0. The molecule has 20 heavy (non-hydrogen) atoms. The highest BCUT2D eigenvalue weighted by Crippen LogP contribution is 2.18. The van der Waals surface area contributed by atoms with Crippen LogP contribution in [-0.4, -0.2) is 10.9 Å². The molecule has 1 aromatic heterocycles. The number of nitrogens with zero attached hydrogens (tertiary/aromatic N) is 1. The number of nitrogens with one attached hydrogen (secondary N) is 1. The average Bonchev–Trinajstić information content (AvgIpc) is 2.39.